The average Bonchev–Trinajstić information content (AvgIpc) is 2.94. The zero-order valence-electron chi connectivity index (χ0n) is 22.9. The Balaban J connectivity index is 1.74. The minimum absolute atomic E-state index is 0.0363. The van der Waals surface area contributed by atoms with Crippen LogP contribution >= 0.6 is 39.1 Å². The molecule has 0 aromatic heterocycles. The SMILES string of the molecule is Cc1cc(Br)c(N=c2c(S(=O)(=O)O)cc3nc4c(Cl)c5c(c(Cl)c4oc-3c2S(=O)(=O)O)Nc2ccc(N)c(S(=O)(=O)O)c2O5)cc1N. The Kier molecular flexibility index (Phi) is 7.70. The highest BCUT2D eigenvalue weighted by Gasteiger charge is 2.36. The van der Waals surface area contributed by atoms with Gasteiger partial charge in [-0.2, -0.15) is 25.3 Å². The van der Waals surface area contributed by atoms with Crippen LogP contribution in [0.5, 0.6) is 11.5 Å². The highest BCUT2D eigenvalue weighted by molar-refractivity contribution is 9.10. The Labute approximate surface area is 282 Å². The van der Waals surface area contributed by atoms with Gasteiger partial charge in [0.15, 0.2) is 32.6 Å². The van der Waals surface area contributed by atoms with Gasteiger partial charge in [0, 0.05) is 10.2 Å². The third kappa shape index (κ3) is 5.54. The number of fused-ring (bicyclic) bond motifs is 4. The molecule has 6 rings (SSSR count). The summed E-state index contributed by atoms with van der Waals surface area (Å²) in [6.07, 6.45) is 0. The first-order valence-corrected chi connectivity index (χ1v) is 18.3. The Morgan fingerprint density at radius 1 is 0.894 bits per heavy atom. The Hall–Kier alpha value is -3.73. The molecule has 0 spiro atoms. The van der Waals surface area contributed by atoms with Crippen molar-refractivity contribution in [2.75, 3.05) is 16.8 Å². The van der Waals surface area contributed by atoms with Gasteiger partial charge in [-0.3, -0.25) is 13.7 Å². The van der Waals surface area contributed by atoms with E-state index in [0.717, 1.165) is 6.07 Å². The maximum absolute atomic E-state index is 12.9. The van der Waals surface area contributed by atoms with Crippen molar-refractivity contribution >= 4 is 109 Å². The zero-order valence-corrected chi connectivity index (χ0v) is 28.4. The molecule has 0 amide bonds. The molecule has 2 aliphatic heterocycles. The van der Waals surface area contributed by atoms with Crippen LogP contribution in [-0.2, 0) is 30.4 Å². The van der Waals surface area contributed by atoms with Crippen LogP contribution in [0.15, 0.2) is 58.9 Å². The number of anilines is 4. The average molecular weight is 809 g/mol. The molecule has 0 saturated carbocycles. The van der Waals surface area contributed by atoms with Gasteiger partial charge in [0.2, 0.25) is 0 Å². The number of nitrogen functional groups attached to an aromatic ring is 2. The van der Waals surface area contributed by atoms with E-state index in [4.69, 9.17) is 43.8 Å². The number of nitrogens with zero attached hydrogens (tertiary/aromatic N) is 2. The van der Waals surface area contributed by atoms with Crippen molar-refractivity contribution in [1.82, 2.24) is 4.98 Å². The second kappa shape index (κ2) is 10.9. The second-order valence-corrected chi connectivity index (χ2v) is 15.6. The van der Waals surface area contributed by atoms with Gasteiger partial charge in [0.25, 0.3) is 20.2 Å². The van der Waals surface area contributed by atoms with Crippen LogP contribution in [0.3, 0.4) is 0 Å². The highest BCUT2D eigenvalue weighted by Crippen LogP contribution is 2.55. The Bertz CT molecular complexity index is 2630. The number of nitrogens with two attached hydrogens (primary N) is 2. The Morgan fingerprint density at radius 2 is 1.55 bits per heavy atom. The van der Waals surface area contributed by atoms with E-state index in [9.17, 15) is 38.9 Å². The number of nitrogens with one attached hydrogen (secondary N) is 1. The van der Waals surface area contributed by atoms with E-state index in [-0.39, 0.29) is 49.2 Å². The topological polar surface area (TPSA) is 275 Å². The summed E-state index contributed by atoms with van der Waals surface area (Å²) in [5.41, 5.74) is 10.5. The molecule has 0 fully saturated rings. The molecule has 2 heterocycles. The standard InChI is InChI=1S/C25H16BrCl2N5O11S3/c1-7-4-8(26)12(5-10(7)30)32-17-14(45(34,35)36)6-13-21(25(17)47(40,41)42)44-23-15(27)18-22(16(28)19(23)33-13)43-20-11(31-18)3-2-9(29)24(20)46(37,38)39/h2-6,31H,29-30H2,1H3,(H,34,35,36)(H,37,38,39)(H,40,41,42). The van der Waals surface area contributed by atoms with Gasteiger partial charge in [0.05, 0.1) is 17.1 Å². The van der Waals surface area contributed by atoms with Crippen molar-refractivity contribution in [2.24, 2.45) is 4.99 Å². The van der Waals surface area contributed by atoms with E-state index in [1.807, 2.05) is 0 Å². The lowest BCUT2D eigenvalue weighted by Gasteiger charge is -2.26. The molecule has 3 aromatic carbocycles. The molecule has 0 bridgehead atoms. The molecule has 1 aliphatic carbocycles. The first kappa shape index (κ1) is 33.2. The van der Waals surface area contributed by atoms with Crippen molar-refractivity contribution in [3.63, 3.8) is 0 Å². The van der Waals surface area contributed by atoms with E-state index >= 15 is 0 Å². The smallest absolute Gasteiger partial charge is 0.300 e. The van der Waals surface area contributed by atoms with E-state index < -0.39 is 78.2 Å². The quantitative estimate of drug-likeness (QED) is 0.0749. The van der Waals surface area contributed by atoms with Gasteiger partial charge < -0.3 is 25.9 Å². The van der Waals surface area contributed by atoms with Gasteiger partial charge in [0.1, 0.15) is 37.2 Å². The highest BCUT2D eigenvalue weighted by atomic mass is 79.9. The predicted molar refractivity (Wildman–Crippen MR) is 173 cm³/mol. The third-order valence-corrected chi connectivity index (χ3v) is 10.9. The molecule has 47 heavy (non-hydrogen) atoms. The molecule has 22 heteroatoms. The molecule has 16 nitrogen and oxygen atoms in total. The lowest BCUT2D eigenvalue weighted by Crippen LogP contribution is -2.24. The van der Waals surface area contributed by atoms with Crippen LogP contribution in [0.4, 0.5) is 28.4 Å². The van der Waals surface area contributed by atoms with Crippen LogP contribution in [0.1, 0.15) is 5.56 Å². The first-order valence-electron chi connectivity index (χ1n) is 12.4. The molecular weight excluding hydrogens is 793 g/mol. The normalized spacial score (nSPS) is 13.7. The lowest BCUT2D eigenvalue weighted by molar-refractivity contribution is 0.449. The second-order valence-electron chi connectivity index (χ2n) is 9.91. The molecule has 0 radical (unpaired) electrons. The third-order valence-electron chi connectivity index (χ3n) is 6.83. The summed E-state index contributed by atoms with van der Waals surface area (Å²) < 4.78 is 117. The van der Waals surface area contributed by atoms with Gasteiger partial charge in [-0.25, -0.2) is 9.98 Å². The fraction of sp³-hybridized carbons (Fsp3) is 0.0400. The molecule has 0 saturated heterocycles. The Morgan fingerprint density at radius 3 is 2.17 bits per heavy atom. The fourth-order valence-corrected chi connectivity index (χ4v) is 8.06. The number of hydrogen-bond acceptors (Lipinski definition) is 13. The number of rotatable bonds is 4. The number of ether oxygens (including phenoxy) is 1. The summed E-state index contributed by atoms with van der Waals surface area (Å²) in [5, 5.41) is 1.07. The van der Waals surface area contributed by atoms with Crippen LogP contribution < -0.4 is 26.9 Å². The minimum Gasteiger partial charge on any atom is -0.450 e. The summed E-state index contributed by atoms with van der Waals surface area (Å²) in [6, 6.07) is 5.98. The largest absolute Gasteiger partial charge is 0.450 e. The first-order chi connectivity index (χ1) is 21.7. The van der Waals surface area contributed by atoms with Gasteiger partial charge in [-0.1, -0.05) is 23.2 Å². The van der Waals surface area contributed by atoms with Crippen LogP contribution in [-0.4, -0.2) is 43.9 Å². The van der Waals surface area contributed by atoms with E-state index in [0.29, 0.717) is 11.6 Å². The van der Waals surface area contributed by atoms with Crippen LogP contribution in [0, 0.1) is 6.92 Å². The van der Waals surface area contributed by atoms with E-state index in [1.54, 1.807) is 6.92 Å². The van der Waals surface area contributed by atoms with Crippen LogP contribution in [0.2, 0.25) is 10.0 Å². The summed E-state index contributed by atoms with van der Waals surface area (Å²) in [6.45, 7) is 1.66. The number of benzene rings is 4. The monoisotopic (exact) mass is 807 g/mol. The molecular formula is C25H16BrCl2N5O11S3. The number of aryl methyl sites for hydroxylation is 1. The van der Waals surface area contributed by atoms with Gasteiger partial charge in [-0.15, -0.1) is 0 Å². The van der Waals surface area contributed by atoms with Crippen molar-refractivity contribution in [3.05, 3.63) is 55.8 Å². The van der Waals surface area contributed by atoms with Crippen molar-refractivity contribution < 1.29 is 48.1 Å². The minimum atomic E-state index is -5.42. The number of halogens is 3. The molecule has 0 atom stereocenters. The number of hydrogen-bond donors (Lipinski definition) is 6. The molecule has 3 aliphatic rings. The maximum Gasteiger partial charge on any atom is 0.300 e. The summed E-state index contributed by atoms with van der Waals surface area (Å²) >= 11 is 16.5. The van der Waals surface area contributed by atoms with Crippen molar-refractivity contribution in [1.29, 1.82) is 0 Å². The maximum atomic E-state index is 12.9. The molecule has 8 N–H and O–H groups in total. The van der Waals surface area contributed by atoms with Crippen molar-refractivity contribution in [3.8, 4) is 23.0 Å². The molecule has 0 unspecified atom stereocenters. The molecule has 3 aromatic rings. The van der Waals surface area contributed by atoms with Gasteiger partial charge >= 0.3 is 10.1 Å². The summed E-state index contributed by atoms with van der Waals surface area (Å²) in [7, 11) is -15.6. The van der Waals surface area contributed by atoms with E-state index in [1.165, 1.54) is 18.2 Å². The zero-order chi connectivity index (χ0) is 34.5. The van der Waals surface area contributed by atoms with Crippen LogP contribution in [0.25, 0.3) is 22.6 Å². The summed E-state index contributed by atoms with van der Waals surface area (Å²) in [4.78, 5) is 5.21. The lowest BCUT2D eigenvalue weighted by atomic mass is 10.1. The predicted octanol–water partition coefficient (Wildman–Crippen LogP) is 5.30. The fourth-order valence-electron chi connectivity index (χ4n) is 4.74. The molecule has 246 valence electrons. The summed E-state index contributed by atoms with van der Waals surface area (Å²) in [5.74, 6) is -1.54. The van der Waals surface area contributed by atoms with Gasteiger partial charge in [-0.05, 0) is 58.7 Å². The van der Waals surface area contributed by atoms with Crippen molar-refractivity contribution in [2.45, 2.75) is 21.6 Å². The number of aromatic nitrogens is 1. The van der Waals surface area contributed by atoms with E-state index in [2.05, 4.69) is 31.2 Å².